The van der Waals surface area contributed by atoms with E-state index >= 15 is 0 Å². The Morgan fingerprint density at radius 2 is 1.00 bits per heavy atom. The summed E-state index contributed by atoms with van der Waals surface area (Å²) in [6.07, 6.45) is -17.3. The third-order valence-corrected chi connectivity index (χ3v) is 1.65. The lowest BCUT2D eigenvalue weighted by atomic mass is 10.2. The van der Waals surface area contributed by atoms with Crippen molar-refractivity contribution in [2.75, 3.05) is 13.3 Å². The minimum absolute atomic E-state index is 1.63. The summed E-state index contributed by atoms with van der Waals surface area (Å²) in [6.45, 7) is -3.26. The van der Waals surface area contributed by atoms with Gasteiger partial charge in [-0.25, -0.2) is 8.78 Å². The zero-order chi connectivity index (χ0) is 13.7. The van der Waals surface area contributed by atoms with E-state index in [1.807, 2.05) is 0 Å². The molecule has 0 aliphatic heterocycles. The molecule has 0 amide bonds. The molecule has 0 saturated heterocycles. The molecule has 0 N–H and O–H groups in total. The maximum Gasteiger partial charge on any atom is 0.391 e. The van der Waals surface area contributed by atoms with Crippen molar-refractivity contribution in [2.45, 2.75) is 37.4 Å². The van der Waals surface area contributed by atoms with Gasteiger partial charge in [0.05, 0.1) is 25.0 Å². The van der Waals surface area contributed by atoms with Crippen LogP contribution in [0.1, 0.15) is 12.8 Å². The molecule has 0 radical (unpaired) electrons. The molecule has 0 bridgehead atoms. The van der Waals surface area contributed by atoms with E-state index < -0.39 is 50.8 Å². The zero-order valence-corrected chi connectivity index (χ0v) is 8.42. The minimum Gasteiger partial charge on any atom is -0.369 e. The van der Waals surface area contributed by atoms with E-state index in [9.17, 15) is 35.1 Å². The molecule has 2 unspecified atom stereocenters. The SMILES string of the molecule is FCC(CC(F)(F)F)OC(CF)CC(F)(F)F. The van der Waals surface area contributed by atoms with Gasteiger partial charge < -0.3 is 4.74 Å². The predicted molar refractivity (Wildman–Crippen MR) is 42.0 cm³/mol. The second-order valence-electron chi connectivity index (χ2n) is 3.33. The Bertz CT molecular complexity index is 189. The summed E-state index contributed by atoms with van der Waals surface area (Å²) in [7, 11) is 0. The molecule has 0 rings (SSSR count). The smallest absolute Gasteiger partial charge is 0.369 e. The molecule has 0 aliphatic rings. The average molecular weight is 274 g/mol. The quantitative estimate of drug-likeness (QED) is 0.673. The van der Waals surface area contributed by atoms with E-state index in [1.54, 1.807) is 0 Å². The number of hydrogen-bond acceptors (Lipinski definition) is 1. The molecule has 0 aromatic rings. The molecule has 17 heavy (non-hydrogen) atoms. The van der Waals surface area contributed by atoms with Gasteiger partial charge in [0.15, 0.2) is 0 Å². The maximum atomic E-state index is 12.1. The van der Waals surface area contributed by atoms with Crippen molar-refractivity contribution in [3.05, 3.63) is 0 Å². The van der Waals surface area contributed by atoms with Crippen molar-refractivity contribution < 1.29 is 39.9 Å². The Labute approximate surface area is 91.7 Å². The van der Waals surface area contributed by atoms with Crippen LogP contribution in [0.3, 0.4) is 0 Å². The Hall–Kier alpha value is -0.600. The number of rotatable bonds is 6. The van der Waals surface area contributed by atoms with Crippen molar-refractivity contribution in [1.29, 1.82) is 0 Å². The van der Waals surface area contributed by atoms with Gasteiger partial charge in [-0.1, -0.05) is 0 Å². The summed E-state index contributed by atoms with van der Waals surface area (Å²) in [5, 5.41) is 0. The molecule has 0 heterocycles. The van der Waals surface area contributed by atoms with E-state index in [2.05, 4.69) is 4.74 Å². The highest BCUT2D eigenvalue weighted by atomic mass is 19.4. The molecular formula is C8H10F8O. The van der Waals surface area contributed by atoms with Crippen LogP contribution in [-0.2, 0) is 4.74 Å². The highest BCUT2D eigenvalue weighted by molar-refractivity contribution is 4.69. The van der Waals surface area contributed by atoms with Crippen LogP contribution < -0.4 is 0 Å². The molecule has 2 atom stereocenters. The third kappa shape index (κ3) is 9.13. The standard InChI is InChI=1S/C8H10F8O/c9-3-5(1-7(11,12)13)17-6(4-10)2-8(14,15)16/h5-6H,1-4H2. The monoisotopic (exact) mass is 274 g/mol. The van der Waals surface area contributed by atoms with Crippen molar-refractivity contribution in [1.82, 2.24) is 0 Å². The van der Waals surface area contributed by atoms with Gasteiger partial charge >= 0.3 is 12.4 Å². The van der Waals surface area contributed by atoms with Gasteiger partial charge in [-0.15, -0.1) is 0 Å². The molecule has 104 valence electrons. The normalized spacial score (nSPS) is 16.9. The molecule has 0 aromatic carbocycles. The number of halogens is 8. The molecule has 0 spiro atoms. The summed E-state index contributed by atoms with van der Waals surface area (Å²) in [5.41, 5.74) is 0. The lowest BCUT2D eigenvalue weighted by Gasteiger charge is -2.22. The molecular weight excluding hydrogens is 264 g/mol. The Morgan fingerprint density at radius 3 is 1.18 bits per heavy atom. The lowest BCUT2D eigenvalue weighted by molar-refractivity contribution is -0.193. The van der Waals surface area contributed by atoms with Gasteiger partial charge in [0.1, 0.15) is 13.3 Å². The van der Waals surface area contributed by atoms with Gasteiger partial charge in [0.2, 0.25) is 0 Å². The fourth-order valence-corrected chi connectivity index (χ4v) is 1.07. The highest BCUT2D eigenvalue weighted by Crippen LogP contribution is 2.27. The number of ether oxygens (including phenoxy) is 1. The van der Waals surface area contributed by atoms with Crippen molar-refractivity contribution in [3.63, 3.8) is 0 Å². The van der Waals surface area contributed by atoms with E-state index in [-0.39, 0.29) is 0 Å². The van der Waals surface area contributed by atoms with E-state index in [4.69, 9.17) is 0 Å². The lowest BCUT2D eigenvalue weighted by Crippen LogP contribution is -2.33. The summed E-state index contributed by atoms with van der Waals surface area (Å²) >= 11 is 0. The Kier molecular flexibility index (Phi) is 6.14. The second kappa shape index (κ2) is 6.36. The average Bonchev–Trinajstić information content (AvgIpc) is 2.11. The fourth-order valence-electron chi connectivity index (χ4n) is 1.07. The first-order chi connectivity index (χ1) is 7.57. The van der Waals surface area contributed by atoms with Crippen LogP contribution in [0.2, 0.25) is 0 Å². The third-order valence-electron chi connectivity index (χ3n) is 1.65. The molecule has 0 saturated carbocycles. The van der Waals surface area contributed by atoms with Crippen LogP contribution in [0.25, 0.3) is 0 Å². The first-order valence-electron chi connectivity index (χ1n) is 4.48. The molecule has 0 fully saturated rings. The van der Waals surface area contributed by atoms with Crippen LogP contribution >= 0.6 is 0 Å². The summed E-state index contributed by atoms with van der Waals surface area (Å²) in [6, 6.07) is 0. The molecule has 9 heteroatoms. The maximum absolute atomic E-state index is 12.1. The topological polar surface area (TPSA) is 9.23 Å². The van der Waals surface area contributed by atoms with Crippen molar-refractivity contribution in [3.8, 4) is 0 Å². The van der Waals surface area contributed by atoms with Gasteiger partial charge in [-0.2, -0.15) is 26.3 Å². The van der Waals surface area contributed by atoms with E-state index in [0.717, 1.165) is 0 Å². The second-order valence-corrected chi connectivity index (χ2v) is 3.33. The first kappa shape index (κ1) is 16.4. The number of alkyl halides is 8. The Balaban J connectivity index is 4.32. The van der Waals surface area contributed by atoms with Crippen LogP contribution in [-0.4, -0.2) is 37.9 Å². The Morgan fingerprint density at radius 1 is 0.706 bits per heavy atom. The van der Waals surface area contributed by atoms with E-state index in [0.29, 0.717) is 0 Å². The summed E-state index contributed by atoms with van der Waals surface area (Å²) in [5.74, 6) is 0. The molecule has 0 aromatic heterocycles. The van der Waals surface area contributed by atoms with Gasteiger partial charge in [0, 0.05) is 0 Å². The highest BCUT2D eigenvalue weighted by Gasteiger charge is 2.37. The first-order valence-corrected chi connectivity index (χ1v) is 4.48. The van der Waals surface area contributed by atoms with E-state index in [1.165, 1.54) is 0 Å². The van der Waals surface area contributed by atoms with Crippen LogP contribution in [0.4, 0.5) is 35.1 Å². The van der Waals surface area contributed by atoms with Gasteiger partial charge in [-0.05, 0) is 0 Å². The summed E-state index contributed by atoms with van der Waals surface area (Å²) < 4.78 is 99.2. The van der Waals surface area contributed by atoms with Gasteiger partial charge in [-0.3, -0.25) is 0 Å². The molecule has 0 aliphatic carbocycles. The van der Waals surface area contributed by atoms with Crippen LogP contribution in [0.15, 0.2) is 0 Å². The minimum atomic E-state index is -4.78. The van der Waals surface area contributed by atoms with Crippen LogP contribution in [0, 0.1) is 0 Å². The molecule has 1 nitrogen and oxygen atoms in total. The van der Waals surface area contributed by atoms with Crippen molar-refractivity contribution in [2.24, 2.45) is 0 Å². The predicted octanol–water partition coefficient (Wildman–Crippen LogP) is 3.58. The zero-order valence-electron chi connectivity index (χ0n) is 8.42. The summed E-state index contributed by atoms with van der Waals surface area (Å²) in [4.78, 5) is 0. The number of hydrogen-bond donors (Lipinski definition) is 0. The van der Waals surface area contributed by atoms with Crippen LogP contribution in [0.5, 0.6) is 0 Å². The fraction of sp³-hybridized carbons (Fsp3) is 1.00. The van der Waals surface area contributed by atoms with Gasteiger partial charge in [0.25, 0.3) is 0 Å². The van der Waals surface area contributed by atoms with Crippen molar-refractivity contribution >= 4 is 0 Å². The largest absolute Gasteiger partial charge is 0.391 e.